The maximum Gasteiger partial charge on any atom is 0.276 e. The number of halogens is 2. The summed E-state index contributed by atoms with van der Waals surface area (Å²) in [5.74, 6) is -0.466. The van der Waals surface area contributed by atoms with Crippen LogP contribution in [0.5, 0.6) is 0 Å². The Labute approximate surface area is 176 Å². The summed E-state index contributed by atoms with van der Waals surface area (Å²) in [6, 6.07) is 21.2. The van der Waals surface area contributed by atoms with Gasteiger partial charge in [0.25, 0.3) is 11.5 Å². The van der Waals surface area contributed by atoms with Crippen LogP contribution in [0, 0.1) is 0 Å². The van der Waals surface area contributed by atoms with E-state index in [9.17, 15) is 9.59 Å². The SMILES string of the molecule is O=C(Nc1ccc(Cl)cc1Cl)c1nn(Cc2ccccc2)c(=O)c2ccccc12. The lowest BCUT2D eigenvalue weighted by atomic mass is 10.1. The van der Waals surface area contributed by atoms with Crippen molar-refractivity contribution in [2.45, 2.75) is 6.54 Å². The zero-order valence-corrected chi connectivity index (χ0v) is 16.6. The zero-order valence-electron chi connectivity index (χ0n) is 15.1. The Bertz CT molecular complexity index is 1270. The van der Waals surface area contributed by atoms with Crippen LogP contribution in [0.4, 0.5) is 5.69 Å². The molecule has 3 aromatic carbocycles. The van der Waals surface area contributed by atoms with Gasteiger partial charge < -0.3 is 5.32 Å². The molecule has 0 spiro atoms. The molecular weight excluding hydrogens is 409 g/mol. The normalized spacial score (nSPS) is 10.8. The highest BCUT2D eigenvalue weighted by molar-refractivity contribution is 6.36. The summed E-state index contributed by atoms with van der Waals surface area (Å²) < 4.78 is 1.30. The molecule has 4 aromatic rings. The van der Waals surface area contributed by atoms with Crippen LogP contribution < -0.4 is 10.9 Å². The average Bonchev–Trinajstić information content (AvgIpc) is 2.73. The molecule has 0 saturated carbocycles. The molecule has 29 heavy (non-hydrogen) atoms. The molecule has 0 bridgehead atoms. The minimum atomic E-state index is -0.466. The van der Waals surface area contributed by atoms with Gasteiger partial charge in [-0.15, -0.1) is 0 Å². The van der Waals surface area contributed by atoms with Crippen molar-refractivity contribution in [2.75, 3.05) is 5.32 Å². The Balaban J connectivity index is 1.79. The Morgan fingerprint density at radius 3 is 2.34 bits per heavy atom. The Kier molecular flexibility index (Phi) is 5.34. The fraction of sp³-hybridized carbons (Fsp3) is 0.0455. The van der Waals surface area contributed by atoms with Gasteiger partial charge in [-0.1, -0.05) is 71.7 Å². The smallest absolute Gasteiger partial charge is 0.276 e. The molecule has 4 rings (SSSR count). The van der Waals surface area contributed by atoms with E-state index in [1.165, 1.54) is 4.68 Å². The minimum Gasteiger partial charge on any atom is -0.319 e. The van der Waals surface area contributed by atoms with E-state index in [0.29, 0.717) is 26.5 Å². The van der Waals surface area contributed by atoms with E-state index >= 15 is 0 Å². The van der Waals surface area contributed by atoms with Gasteiger partial charge in [-0.25, -0.2) is 4.68 Å². The van der Waals surface area contributed by atoms with Crippen molar-refractivity contribution in [1.29, 1.82) is 0 Å². The summed E-state index contributed by atoms with van der Waals surface area (Å²) in [7, 11) is 0. The van der Waals surface area contributed by atoms with Gasteiger partial charge in [-0.05, 0) is 29.8 Å². The number of aromatic nitrogens is 2. The monoisotopic (exact) mass is 423 g/mol. The summed E-state index contributed by atoms with van der Waals surface area (Å²) >= 11 is 12.1. The second-order valence-electron chi connectivity index (χ2n) is 6.42. The maximum absolute atomic E-state index is 13.0. The molecule has 0 aliphatic heterocycles. The van der Waals surface area contributed by atoms with Crippen molar-refractivity contribution in [3.8, 4) is 0 Å². The number of benzene rings is 3. The predicted molar refractivity (Wildman–Crippen MR) is 116 cm³/mol. The number of amides is 1. The molecule has 5 nitrogen and oxygen atoms in total. The van der Waals surface area contributed by atoms with Crippen molar-refractivity contribution in [2.24, 2.45) is 0 Å². The zero-order chi connectivity index (χ0) is 20.4. The highest BCUT2D eigenvalue weighted by atomic mass is 35.5. The molecule has 1 N–H and O–H groups in total. The predicted octanol–water partition coefficient (Wildman–Crippen LogP) is 5.00. The molecule has 0 radical (unpaired) electrons. The number of hydrogen-bond acceptors (Lipinski definition) is 3. The molecule has 144 valence electrons. The second kappa shape index (κ2) is 8.07. The number of anilines is 1. The first kappa shape index (κ1) is 19.2. The van der Waals surface area contributed by atoms with Gasteiger partial charge in [0, 0.05) is 10.4 Å². The Hall–Kier alpha value is -3.15. The third-order valence-corrected chi connectivity index (χ3v) is 4.99. The molecular formula is C22H15Cl2N3O2. The number of fused-ring (bicyclic) bond motifs is 1. The number of rotatable bonds is 4. The van der Waals surface area contributed by atoms with Gasteiger partial charge in [0.15, 0.2) is 5.69 Å². The molecule has 0 aliphatic carbocycles. The van der Waals surface area contributed by atoms with Crippen LogP contribution >= 0.6 is 23.2 Å². The summed E-state index contributed by atoms with van der Waals surface area (Å²) in [6.07, 6.45) is 0. The summed E-state index contributed by atoms with van der Waals surface area (Å²) in [5, 5.41) is 8.79. The van der Waals surface area contributed by atoms with E-state index in [4.69, 9.17) is 23.2 Å². The van der Waals surface area contributed by atoms with Gasteiger partial charge in [0.05, 0.1) is 22.6 Å². The molecule has 1 aromatic heterocycles. The molecule has 0 unspecified atom stereocenters. The summed E-state index contributed by atoms with van der Waals surface area (Å²) in [5.41, 5.74) is 1.20. The van der Waals surface area contributed by atoms with E-state index in [-0.39, 0.29) is 17.8 Å². The van der Waals surface area contributed by atoms with Gasteiger partial charge in [0.1, 0.15) is 0 Å². The van der Waals surface area contributed by atoms with Gasteiger partial charge in [-0.3, -0.25) is 9.59 Å². The summed E-state index contributed by atoms with van der Waals surface area (Å²) in [4.78, 5) is 25.9. The van der Waals surface area contributed by atoms with Crippen LogP contribution in [0.15, 0.2) is 77.6 Å². The quantitative estimate of drug-likeness (QED) is 0.501. The van der Waals surface area contributed by atoms with Crippen molar-refractivity contribution in [3.63, 3.8) is 0 Å². The Morgan fingerprint density at radius 2 is 1.62 bits per heavy atom. The fourth-order valence-corrected chi connectivity index (χ4v) is 3.49. The van der Waals surface area contributed by atoms with Gasteiger partial charge >= 0.3 is 0 Å². The van der Waals surface area contributed by atoms with E-state index < -0.39 is 5.91 Å². The first-order chi connectivity index (χ1) is 14.0. The van der Waals surface area contributed by atoms with Crippen LogP contribution in [-0.4, -0.2) is 15.7 Å². The topological polar surface area (TPSA) is 64.0 Å². The number of hydrogen-bond donors (Lipinski definition) is 1. The third kappa shape index (κ3) is 4.01. The van der Waals surface area contributed by atoms with E-state index in [2.05, 4.69) is 10.4 Å². The third-order valence-electron chi connectivity index (χ3n) is 4.44. The standard InChI is InChI=1S/C22H15Cl2N3O2/c23-15-10-11-19(18(24)12-15)25-21(28)20-16-8-4-5-9-17(16)22(29)27(26-20)13-14-6-2-1-3-7-14/h1-12H,13H2,(H,25,28). The molecule has 0 atom stereocenters. The molecule has 1 amide bonds. The van der Waals surface area contributed by atoms with Crippen molar-refractivity contribution < 1.29 is 4.79 Å². The molecule has 0 aliphatic rings. The van der Waals surface area contributed by atoms with Crippen molar-refractivity contribution in [3.05, 3.63) is 104 Å². The Morgan fingerprint density at radius 1 is 0.931 bits per heavy atom. The second-order valence-corrected chi connectivity index (χ2v) is 7.26. The van der Waals surface area contributed by atoms with Crippen LogP contribution in [-0.2, 0) is 6.54 Å². The summed E-state index contributed by atoms with van der Waals surface area (Å²) in [6.45, 7) is 0.256. The lowest BCUT2D eigenvalue weighted by Crippen LogP contribution is -2.28. The minimum absolute atomic E-state index is 0.141. The molecule has 1 heterocycles. The highest BCUT2D eigenvalue weighted by Crippen LogP contribution is 2.26. The highest BCUT2D eigenvalue weighted by Gasteiger charge is 2.18. The lowest BCUT2D eigenvalue weighted by molar-refractivity contribution is 0.102. The van der Waals surface area contributed by atoms with E-state index in [1.807, 2.05) is 30.3 Å². The number of carbonyl (C=O) groups excluding carboxylic acids is 1. The van der Waals surface area contributed by atoms with Crippen LogP contribution in [0.25, 0.3) is 10.8 Å². The van der Waals surface area contributed by atoms with Crippen LogP contribution in [0.3, 0.4) is 0 Å². The number of carbonyl (C=O) groups is 1. The first-order valence-corrected chi connectivity index (χ1v) is 9.59. The first-order valence-electron chi connectivity index (χ1n) is 8.83. The van der Waals surface area contributed by atoms with E-state index in [0.717, 1.165) is 5.56 Å². The molecule has 0 fully saturated rings. The van der Waals surface area contributed by atoms with Crippen molar-refractivity contribution in [1.82, 2.24) is 9.78 Å². The average molecular weight is 424 g/mol. The lowest BCUT2D eigenvalue weighted by Gasteiger charge is -2.12. The van der Waals surface area contributed by atoms with Gasteiger partial charge in [0.2, 0.25) is 0 Å². The van der Waals surface area contributed by atoms with Crippen molar-refractivity contribution >= 4 is 45.6 Å². The fourth-order valence-electron chi connectivity index (χ4n) is 3.04. The van der Waals surface area contributed by atoms with E-state index in [1.54, 1.807) is 42.5 Å². The van der Waals surface area contributed by atoms with Crippen LogP contribution in [0.2, 0.25) is 10.0 Å². The van der Waals surface area contributed by atoms with Crippen LogP contribution in [0.1, 0.15) is 16.1 Å². The largest absolute Gasteiger partial charge is 0.319 e. The maximum atomic E-state index is 13.0. The number of nitrogens with one attached hydrogen (secondary N) is 1. The number of nitrogens with zero attached hydrogens (tertiary/aromatic N) is 2. The molecule has 0 saturated heterocycles. The van der Waals surface area contributed by atoms with Gasteiger partial charge in [-0.2, -0.15) is 5.10 Å². The molecule has 7 heteroatoms.